The molecule has 3 rings (SSSR count). The Labute approximate surface area is 111 Å². The van der Waals surface area contributed by atoms with Crippen molar-refractivity contribution < 1.29 is 19.2 Å². The molecule has 2 fully saturated rings. The third kappa shape index (κ3) is 2.28. The third-order valence-corrected chi connectivity index (χ3v) is 3.66. The van der Waals surface area contributed by atoms with E-state index in [0.717, 1.165) is 29.9 Å². The maximum atomic E-state index is 11.9. The van der Waals surface area contributed by atoms with Crippen molar-refractivity contribution in [3.05, 3.63) is 35.9 Å². The fourth-order valence-corrected chi connectivity index (χ4v) is 2.68. The number of hydroxylamine groups is 2. The van der Waals surface area contributed by atoms with Crippen LogP contribution in [-0.2, 0) is 21.0 Å². The molecule has 1 heterocycles. The summed E-state index contributed by atoms with van der Waals surface area (Å²) in [4.78, 5) is 28.5. The van der Waals surface area contributed by atoms with Crippen LogP contribution in [0, 0.1) is 5.92 Å². The summed E-state index contributed by atoms with van der Waals surface area (Å²) >= 11 is 0. The van der Waals surface area contributed by atoms with Crippen LogP contribution in [0.5, 0.6) is 0 Å². The largest absolute Gasteiger partial charge is 0.443 e. The summed E-state index contributed by atoms with van der Waals surface area (Å²) in [5.41, 5.74) is 0.907. The molecule has 1 aromatic carbocycles. The molecule has 1 aromatic rings. The van der Waals surface area contributed by atoms with Gasteiger partial charge in [-0.1, -0.05) is 36.8 Å². The number of hydrogen-bond donors (Lipinski definition) is 0. The Balaban J connectivity index is 1.60. The van der Waals surface area contributed by atoms with E-state index in [0.29, 0.717) is 0 Å². The number of nitrogens with zero attached hydrogens (tertiary/aromatic N) is 1. The number of amides is 1. The summed E-state index contributed by atoms with van der Waals surface area (Å²) in [6.07, 6.45) is 1.97. The van der Waals surface area contributed by atoms with Gasteiger partial charge in [0.15, 0.2) is 0 Å². The minimum absolute atomic E-state index is 0.143. The standard InChI is InChI=1S/C14H15NO4/c16-13-11-7-4-8-12(11)15(19-13)14(17)18-9-10-5-2-1-3-6-10/h1-3,5-6,11-12H,4,7-9H2/t11-,12+/m0/s1. The lowest BCUT2D eigenvalue weighted by Crippen LogP contribution is -2.35. The van der Waals surface area contributed by atoms with Crippen molar-refractivity contribution in [3.63, 3.8) is 0 Å². The van der Waals surface area contributed by atoms with Crippen molar-refractivity contribution in [3.8, 4) is 0 Å². The lowest BCUT2D eigenvalue weighted by Gasteiger charge is -2.19. The number of fused-ring (bicyclic) bond motifs is 1. The Morgan fingerprint density at radius 2 is 2.11 bits per heavy atom. The molecule has 2 aliphatic rings. The number of hydrogen-bond acceptors (Lipinski definition) is 4. The summed E-state index contributed by atoms with van der Waals surface area (Å²) < 4.78 is 5.18. The van der Waals surface area contributed by atoms with Crippen LogP contribution in [0.3, 0.4) is 0 Å². The fourth-order valence-electron chi connectivity index (χ4n) is 2.68. The second-order valence-corrected chi connectivity index (χ2v) is 4.88. The molecule has 1 amide bonds. The minimum atomic E-state index is -0.577. The van der Waals surface area contributed by atoms with E-state index in [-0.39, 0.29) is 24.5 Å². The molecule has 1 saturated carbocycles. The zero-order valence-electron chi connectivity index (χ0n) is 10.5. The van der Waals surface area contributed by atoms with Crippen molar-refractivity contribution in [2.24, 2.45) is 5.92 Å². The average molecular weight is 261 g/mol. The molecule has 0 aromatic heterocycles. The Morgan fingerprint density at radius 1 is 1.32 bits per heavy atom. The maximum absolute atomic E-state index is 11.9. The molecule has 1 aliphatic heterocycles. The smallest absolute Gasteiger partial charge is 0.442 e. The molecule has 0 radical (unpaired) electrons. The maximum Gasteiger partial charge on any atom is 0.443 e. The van der Waals surface area contributed by atoms with Gasteiger partial charge < -0.3 is 9.57 Å². The summed E-state index contributed by atoms with van der Waals surface area (Å²) in [5, 5.41) is 1.11. The van der Waals surface area contributed by atoms with E-state index in [9.17, 15) is 9.59 Å². The van der Waals surface area contributed by atoms with Crippen LogP contribution in [0.15, 0.2) is 30.3 Å². The Hall–Kier alpha value is -2.04. The Morgan fingerprint density at radius 3 is 2.89 bits per heavy atom. The van der Waals surface area contributed by atoms with Gasteiger partial charge in [-0.05, 0) is 18.4 Å². The van der Waals surface area contributed by atoms with Crippen LogP contribution < -0.4 is 0 Å². The highest BCUT2D eigenvalue weighted by atomic mass is 16.8. The molecule has 0 unspecified atom stereocenters. The zero-order chi connectivity index (χ0) is 13.2. The molecule has 2 atom stereocenters. The highest BCUT2D eigenvalue weighted by molar-refractivity contribution is 5.80. The number of rotatable bonds is 2. The Bertz CT molecular complexity index is 487. The summed E-state index contributed by atoms with van der Waals surface area (Å²) in [6.45, 7) is 0.186. The lowest BCUT2D eigenvalue weighted by molar-refractivity contribution is -0.169. The van der Waals surface area contributed by atoms with Gasteiger partial charge in [-0.25, -0.2) is 9.59 Å². The molecule has 0 spiro atoms. The first-order valence-electron chi connectivity index (χ1n) is 6.47. The van der Waals surface area contributed by atoms with E-state index >= 15 is 0 Å². The molecule has 0 bridgehead atoms. The van der Waals surface area contributed by atoms with Gasteiger partial charge in [-0.15, -0.1) is 5.06 Å². The van der Waals surface area contributed by atoms with Gasteiger partial charge in [0.1, 0.15) is 6.61 Å². The topological polar surface area (TPSA) is 55.8 Å². The average Bonchev–Trinajstić information content (AvgIpc) is 3.02. The molecule has 19 heavy (non-hydrogen) atoms. The first-order valence-corrected chi connectivity index (χ1v) is 6.47. The van der Waals surface area contributed by atoms with Crippen molar-refractivity contribution in [1.29, 1.82) is 0 Å². The molecular weight excluding hydrogens is 246 g/mol. The fraction of sp³-hybridized carbons (Fsp3) is 0.429. The SMILES string of the molecule is O=C1ON(C(=O)OCc2ccccc2)[C@@H]2CCC[C@H]12. The normalized spacial score (nSPS) is 25.1. The van der Waals surface area contributed by atoms with Gasteiger partial charge in [-0.2, -0.15) is 0 Å². The molecule has 100 valence electrons. The quantitative estimate of drug-likeness (QED) is 0.819. The van der Waals surface area contributed by atoms with E-state index in [1.165, 1.54) is 0 Å². The number of carbonyl (C=O) groups is 2. The molecule has 1 aliphatic carbocycles. The molecule has 5 nitrogen and oxygen atoms in total. The van der Waals surface area contributed by atoms with Gasteiger partial charge >= 0.3 is 12.1 Å². The summed E-state index contributed by atoms with van der Waals surface area (Å²) in [6, 6.07) is 9.27. The van der Waals surface area contributed by atoms with Gasteiger partial charge in [0, 0.05) is 0 Å². The highest BCUT2D eigenvalue weighted by Gasteiger charge is 2.49. The first kappa shape index (κ1) is 12.0. The van der Waals surface area contributed by atoms with Crippen molar-refractivity contribution in [2.45, 2.75) is 31.9 Å². The third-order valence-electron chi connectivity index (χ3n) is 3.66. The zero-order valence-corrected chi connectivity index (χ0v) is 10.5. The highest BCUT2D eigenvalue weighted by Crippen LogP contribution is 2.36. The van der Waals surface area contributed by atoms with Gasteiger partial charge in [-0.3, -0.25) is 0 Å². The first-order chi connectivity index (χ1) is 9.25. The Kier molecular flexibility index (Phi) is 3.11. The van der Waals surface area contributed by atoms with Crippen LogP contribution >= 0.6 is 0 Å². The number of ether oxygens (including phenoxy) is 1. The van der Waals surface area contributed by atoms with Crippen molar-refractivity contribution >= 4 is 12.1 Å². The van der Waals surface area contributed by atoms with Crippen LogP contribution in [0.1, 0.15) is 24.8 Å². The predicted molar refractivity (Wildman–Crippen MR) is 65.7 cm³/mol. The van der Waals surface area contributed by atoms with Gasteiger partial charge in [0.2, 0.25) is 0 Å². The minimum Gasteiger partial charge on any atom is -0.442 e. The monoisotopic (exact) mass is 261 g/mol. The van der Waals surface area contributed by atoms with E-state index in [4.69, 9.17) is 9.57 Å². The van der Waals surface area contributed by atoms with Crippen molar-refractivity contribution in [2.75, 3.05) is 0 Å². The van der Waals surface area contributed by atoms with Gasteiger partial charge in [0.25, 0.3) is 0 Å². The molecular formula is C14H15NO4. The van der Waals surface area contributed by atoms with Crippen LogP contribution in [0.25, 0.3) is 0 Å². The molecule has 1 saturated heterocycles. The van der Waals surface area contributed by atoms with Crippen molar-refractivity contribution in [1.82, 2.24) is 5.06 Å². The second kappa shape index (κ2) is 4.91. The summed E-state index contributed by atoms with van der Waals surface area (Å²) in [5.74, 6) is -0.469. The second-order valence-electron chi connectivity index (χ2n) is 4.88. The van der Waals surface area contributed by atoms with Gasteiger partial charge in [0.05, 0.1) is 12.0 Å². The lowest BCUT2D eigenvalue weighted by atomic mass is 10.1. The van der Waals surface area contributed by atoms with E-state index in [2.05, 4.69) is 0 Å². The van der Waals surface area contributed by atoms with Crippen LogP contribution in [0.4, 0.5) is 4.79 Å². The number of benzene rings is 1. The van der Waals surface area contributed by atoms with Crippen LogP contribution in [-0.4, -0.2) is 23.2 Å². The van der Waals surface area contributed by atoms with E-state index in [1.54, 1.807) is 0 Å². The predicted octanol–water partition coefficient (Wildman–Crippen LogP) is 2.27. The van der Waals surface area contributed by atoms with E-state index < -0.39 is 6.09 Å². The van der Waals surface area contributed by atoms with E-state index in [1.807, 2.05) is 30.3 Å². The van der Waals surface area contributed by atoms with Crippen LogP contribution in [0.2, 0.25) is 0 Å². The molecule has 0 N–H and O–H groups in total. The molecule has 5 heteroatoms. The summed E-state index contributed by atoms with van der Waals surface area (Å²) in [7, 11) is 0. The number of carbonyl (C=O) groups excluding carboxylic acids is 2.